The molecule has 2 heteroatoms. The molecule has 3 aromatic rings. The molecule has 0 radical (unpaired) electrons. The second kappa shape index (κ2) is 8.06. The smallest absolute Gasteiger partial charge is 0.0847 e. The van der Waals surface area contributed by atoms with Crippen LogP contribution < -0.4 is 0 Å². The molecular weight excluding hydrogens is 330 g/mol. The number of fused-ring (bicyclic) bond motifs is 1. The van der Waals surface area contributed by atoms with Crippen molar-refractivity contribution in [3.63, 3.8) is 0 Å². The molecule has 3 rings (SSSR count). The predicted molar refractivity (Wildman–Crippen MR) is 115 cm³/mol. The summed E-state index contributed by atoms with van der Waals surface area (Å²) >= 11 is 0. The fourth-order valence-corrected chi connectivity index (χ4v) is 4.01. The van der Waals surface area contributed by atoms with Crippen molar-refractivity contribution in [1.82, 2.24) is 4.98 Å². The van der Waals surface area contributed by atoms with Gasteiger partial charge in [0.2, 0.25) is 0 Å². The number of hydrogen-bond acceptors (Lipinski definition) is 2. The van der Waals surface area contributed by atoms with Gasteiger partial charge >= 0.3 is 0 Å². The van der Waals surface area contributed by atoms with E-state index in [-0.39, 0.29) is 5.41 Å². The third-order valence-corrected chi connectivity index (χ3v) is 5.08. The normalized spacial score (nSPS) is 13.9. The van der Waals surface area contributed by atoms with E-state index in [9.17, 15) is 5.11 Å². The van der Waals surface area contributed by atoms with Crippen LogP contribution in [0.1, 0.15) is 45.2 Å². The molecule has 140 valence electrons. The number of aromatic nitrogens is 1. The molecule has 0 saturated heterocycles. The standard InChI is InChI=1S/C25H29NO/c1-18(2)16-25(3,4)24(27)23(15-19-9-8-14-26-17-19)22-13-7-11-20-10-5-6-12-21(20)22/h5-15,17-18,24,27H,16H2,1-4H3/b23-15-. The van der Waals surface area contributed by atoms with Crippen molar-refractivity contribution < 1.29 is 5.11 Å². The molecular formula is C25H29NO. The van der Waals surface area contributed by atoms with E-state index in [2.05, 4.69) is 81.2 Å². The first-order chi connectivity index (χ1) is 12.9. The second-order valence-corrected chi connectivity index (χ2v) is 8.40. The monoisotopic (exact) mass is 359 g/mol. The molecule has 0 amide bonds. The Morgan fingerprint density at radius 3 is 2.48 bits per heavy atom. The predicted octanol–water partition coefficient (Wildman–Crippen LogP) is 6.21. The van der Waals surface area contributed by atoms with Crippen molar-refractivity contribution in [2.75, 3.05) is 0 Å². The number of hydrogen-bond donors (Lipinski definition) is 1. The van der Waals surface area contributed by atoms with Gasteiger partial charge in [-0.3, -0.25) is 4.98 Å². The van der Waals surface area contributed by atoms with Gasteiger partial charge in [-0.1, -0.05) is 76.2 Å². The Morgan fingerprint density at radius 1 is 1.04 bits per heavy atom. The molecule has 2 nitrogen and oxygen atoms in total. The molecule has 0 bridgehead atoms. The highest BCUT2D eigenvalue weighted by Gasteiger charge is 2.32. The van der Waals surface area contributed by atoms with E-state index in [0.29, 0.717) is 5.92 Å². The van der Waals surface area contributed by atoms with Gasteiger partial charge in [0.15, 0.2) is 0 Å². The fourth-order valence-electron chi connectivity index (χ4n) is 4.01. The SMILES string of the molecule is CC(C)CC(C)(C)C(O)/C(=C\c1cccnc1)c1cccc2ccccc12. The topological polar surface area (TPSA) is 33.1 Å². The molecule has 0 saturated carbocycles. The van der Waals surface area contributed by atoms with Crippen LogP contribution in [0.4, 0.5) is 0 Å². The number of pyridine rings is 1. The average Bonchev–Trinajstić information content (AvgIpc) is 2.65. The Hall–Kier alpha value is -2.45. The van der Waals surface area contributed by atoms with Crippen LogP contribution in [0.3, 0.4) is 0 Å². The summed E-state index contributed by atoms with van der Waals surface area (Å²) in [6.07, 6.45) is 6.07. The summed E-state index contributed by atoms with van der Waals surface area (Å²) in [5.41, 5.74) is 2.80. The minimum Gasteiger partial charge on any atom is -0.388 e. The maximum atomic E-state index is 11.5. The number of rotatable bonds is 6. The van der Waals surface area contributed by atoms with Crippen LogP contribution in [0.2, 0.25) is 0 Å². The van der Waals surface area contributed by atoms with E-state index < -0.39 is 6.10 Å². The first kappa shape index (κ1) is 19.3. The summed E-state index contributed by atoms with van der Waals surface area (Å²) in [5, 5.41) is 13.8. The average molecular weight is 360 g/mol. The molecule has 1 aromatic heterocycles. The maximum Gasteiger partial charge on any atom is 0.0847 e. The summed E-state index contributed by atoms with van der Waals surface area (Å²) in [6, 6.07) is 18.6. The van der Waals surface area contributed by atoms with Crippen LogP contribution >= 0.6 is 0 Å². The summed E-state index contributed by atoms with van der Waals surface area (Å²) < 4.78 is 0. The van der Waals surface area contributed by atoms with E-state index in [4.69, 9.17) is 0 Å². The molecule has 0 fully saturated rings. The summed E-state index contributed by atoms with van der Waals surface area (Å²) in [4.78, 5) is 4.24. The zero-order chi connectivity index (χ0) is 19.4. The molecule has 2 aromatic carbocycles. The zero-order valence-electron chi connectivity index (χ0n) is 16.7. The van der Waals surface area contributed by atoms with Gasteiger partial charge in [-0.25, -0.2) is 0 Å². The lowest BCUT2D eigenvalue weighted by Gasteiger charge is -2.34. The van der Waals surface area contributed by atoms with Crippen molar-refractivity contribution in [3.8, 4) is 0 Å². The minimum absolute atomic E-state index is 0.237. The van der Waals surface area contributed by atoms with E-state index in [1.165, 1.54) is 5.39 Å². The van der Waals surface area contributed by atoms with Gasteiger partial charge in [-0.2, -0.15) is 0 Å². The lowest BCUT2D eigenvalue weighted by Crippen LogP contribution is -2.32. The molecule has 27 heavy (non-hydrogen) atoms. The van der Waals surface area contributed by atoms with Crippen molar-refractivity contribution in [2.45, 2.75) is 40.2 Å². The first-order valence-corrected chi connectivity index (χ1v) is 9.66. The highest BCUT2D eigenvalue weighted by atomic mass is 16.3. The lowest BCUT2D eigenvalue weighted by atomic mass is 9.74. The third kappa shape index (κ3) is 4.45. The Bertz CT molecular complexity index is 920. The summed E-state index contributed by atoms with van der Waals surface area (Å²) in [6.45, 7) is 8.72. The van der Waals surface area contributed by atoms with Crippen LogP contribution in [0, 0.1) is 11.3 Å². The molecule has 1 atom stereocenters. The van der Waals surface area contributed by atoms with Gasteiger partial charge in [-0.15, -0.1) is 0 Å². The van der Waals surface area contributed by atoms with E-state index in [1.54, 1.807) is 6.20 Å². The van der Waals surface area contributed by atoms with E-state index in [1.807, 2.05) is 18.3 Å². The second-order valence-electron chi connectivity index (χ2n) is 8.40. The third-order valence-electron chi connectivity index (χ3n) is 5.08. The van der Waals surface area contributed by atoms with Gasteiger partial charge in [0.1, 0.15) is 0 Å². The quantitative estimate of drug-likeness (QED) is 0.567. The van der Waals surface area contributed by atoms with Crippen molar-refractivity contribution in [2.24, 2.45) is 11.3 Å². The van der Waals surface area contributed by atoms with Gasteiger partial charge in [0, 0.05) is 12.4 Å². The molecule has 1 unspecified atom stereocenters. The van der Waals surface area contributed by atoms with Crippen LogP contribution in [-0.4, -0.2) is 16.2 Å². The van der Waals surface area contributed by atoms with Crippen molar-refractivity contribution in [3.05, 3.63) is 78.1 Å². The minimum atomic E-state index is -0.578. The highest BCUT2D eigenvalue weighted by molar-refractivity contribution is 5.98. The fraction of sp³-hybridized carbons (Fsp3) is 0.320. The molecule has 1 N–H and O–H groups in total. The molecule has 0 aliphatic rings. The van der Waals surface area contributed by atoms with Gasteiger partial charge in [0.25, 0.3) is 0 Å². The lowest BCUT2D eigenvalue weighted by molar-refractivity contribution is 0.0812. The van der Waals surface area contributed by atoms with Gasteiger partial charge < -0.3 is 5.11 Å². The molecule has 0 aliphatic heterocycles. The number of benzene rings is 2. The molecule has 0 spiro atoms. The first-order valence-electron chi connectivity index (χ1n) is 9.66. The van der Waals surface area contributed by atoms with Gasteiger partial charge in [0.05, 0.1) is 6.10 Å². The molecule has 1 heterocycles. The van der Waals surface area contributed by atoms with Crippen molar-refractivity contribution >= 4 is 22.4 Å². The highest BCUT2D eigenvalue weighted by Crippen LogP contribution is 2.39. The van der Waals surface area contributed by atoms with Crippen LogP contribution in [-0.2, 0) is 0 Å². The number of aliphatic hydroxyl groups excluding tert-OH is 1. The number of aliphatic hydroxyl groups is 1. The van der Waals surface area contributed by atoms with Crippen LogP contribution in [0.25, 0.3) is 22.4 Å². The Balaban J connectivity index is 2.17. The van der Waals surface area contributed by atoms with Crippen molar-refractivity contribution in [1.29, 1.82) is 0 Å². The summed E-state index contributed by atoms with van der Waals surface area (Å²) in [7, 11) is 0. The Morgan fingerprint density at radius 2 is 1.78 bits per heavy atom. The largest absolute Gasteiger partial charge is 0.388 e. The van der Waals surface area contributed by atoms with E-state index in [0.717, 1.165) is 28.5 Å². The van der Waals surface area contributed by atoms with E-state index >= 15 is 0 Å². The summed E-state index contributed by atoms with van der Waals surface area (Å²) in [5.74, 6) is 0.516. The zero-order valence-corrected chi connectivity index (χ0v) is 16.7. The van der Waals surface area contributed by atoms with Crippen LogP contribution in [0.15, 0.2) is 67.0 Å². The van der Waals surface area contributed by atoms with Gasteiger partial charge in [-0.05, 0) is 57.4 Å². The molecule has 0 aliphatic carbocycles. The maximum absolute atomic E-state index is 11.5. The number of nitrogens with zero attached hydrogens (tertiary/aromatic N) is 1. The van der Waals surface area contributed by atoms with Crippen LogP contribution in [0.5, 0.6) is 0 Å². The Kier molecular flexibility index (Phi) is 5.76. The Labute approximate surface area is 162 Å².